The maximum absolute atomic E-state index is 12.3. The highest BCUT2D eigenvalue weighted by molar-refractivity contribution is 5.96. The lowest BCUT2D eigenvalue weighted by Gasteiger charge is -2.24. The summed E-state index contributed by atoms with van der Waals surface area (Å²) < 4.78 is 5.35. The van der Waals surface area contributed by atoms with Crippen LogP contribution in [-0.4, -0.2) is 18.9 Å². The molecule has 0 fully saturated rings. The van der Waals surface area contributed by atoms with Crippen molar-refractivity contribution in [2.24, 2.45) is 5.92 Å². The molecule has 26 heavy (non-hydrogen) atoms. The molecule has 1 heterocycles. The fourth-order valence-corrected chi connectivity index (χ4v) is 3.37. The van der Waals surface area contributed by atoms with Crippen molar-refractivity contribution in [3.8, 4) is 5.75 Å². The first-order chi connectivity index (χ1) is 12.6. The smallest absolute Gasteiger partial charge is 0.227 e. The van der Waals surface area contributed by atoms with Gasteiger partial charge in [0.05, 0.1) is 13.2 Å². The highest BCUT2D eigenvalue weighted by atomic mass is 16.5. The topological polar surface area (TPSA) is 67.4 Å². The van der Waals surface area contributed by atoms with E-state index in [4.69, 9.17) is 4.74 Å². The van der Waals surface area contributed by atoms with Crippen LogP contribution < -0.4 is 15.4 Å². The van der Waals surface area contributed by atoms with Crippen molar-refractivity contribution in [2.45, 2.75) is 32.2 Å². The molecule has 2 N–H and O–H groups in total. The molecule has 1 aliphatic rings. The van der Waals surface area contributed by atoms with Crippen molar-refractivity contribution in [1.82, 2.24) is 5.32 Å². The van der Waals surface area contributed by atoms with Gasteiger partial charge in [-0.05, 0) is 37.5 Å². The molecule has 0 spiro atoms. The molecule has 3 rings (SSSR count). The number of anilines is 1. The molecule has 5 heteroatoms. The molecule has 2 amide bonds. The predicted octanol–water partition coefficient (Wildman–Crippen LogP) is 3.46. The molecule has 2 aromatic carbocycles. The van der Waals surface area contributed by atoms with E-state index < -0.39 is 0 Å². The van der Waals surface area contributed by atoms with E-state index in [0.29, 0.717) is 19.3 Å². The summed E-state index contributed by atoms with van der Waals surface area (Å²) >= 11 is 0. The van der Waals surface area contributed by atoms with Gasteiger partial charge in [-0.1, -0.05) is 36.4 Å². The molecule has 2 aromatic rings. The summed E-state index contributed by atoms with van der Waals surface area (Å²) in [5, 5.41) is 5.92. The van der Waals surface area contributed by atoms with Gasteiger partial charge in [0.25, 0.3) is 0 Å². The first-order valence-corrected chi connectivity index (χ1v) is 8.89. The van der Waals surface area contributed by atoms with Crippen molar-refractivity contribution in [3.05, 3.63) is 59.7 Å². The molecule has 0 saturated carbocycles. The van der Waals surface area contributed by atoms with E-state index in [1.54, 1.807) is 7.11 Å². The van der Waals surface area contributed by atoms with Gasteiger partial charge in [0.1, 0.15) is 5.75 Å². The number of hydrogen-bond donors (Lipinski definition) is 2. The summed E-state index contributed by atoms with van der Waals surface area (Å²) in [6.07, 6.45) is 1.53. The first-order valence-electron chi connectivity index (χ1n) is 8.89. The molecule has 5 nitrogen and oxygen atoms in total. The fraction of sp³-hybridized carbons (Fsp3) is 0.333. The van der Waals surface area contributed by atoms with Crippen molar-refractivity contribution >= 4 is 17.5 Å². The van der Waals surface area contributed by atoms with Crippen LogP contribution in [0.4, 0.5) is 5.69 Å². The number of hydrogen-bond acceptors (Lipinski definition) is 3. The minimum absolute atomic E-state index is 0.00530. The Morgan fingerprint density at radius 3 is 2.77 bits per heavy atom. The van der Waals surface area contributed by atoms with Crippen LogP contribution in [0.15, 0.2) is 48.5 Å². The van der Waals surface area contributed by atoms with Crippen molar-refractivity contribution in [3.63, 3.8) is 0 Å². The second-order valence-electron chi connectivity index (χ2n) is 6.62. The zero-order valence-electron chi connectivity index (χ0n) is 15.1. The molecule has 1 aliphatic heterocycles. The number of fused-ring (bicyclic) bond motifs is 1. The first kappa shape index (κ1) is 18.0. The number of methoxy groups -OCH3 is 1. The summed E-state index contributed by atoms with van der Waals surface area (Å²) in [6.45, 7) is 1.93. The molecule has 136 valence electrons. The van der Waals surface area contributed by atoms with Crippen LogP contribution >= 0.6 is 0 Å². The molecule has 2 atom stereocenters. The van der Waals surface area contributed by atoms with Crippen LogP contribution in [0.3, 0.4) is 0 Å². The van der Waals surface area contributed by atoms with Gasteiger partial charge in [-0.25, -0.2) is 0 Å². The third-order valence-electron chi connectivity index (χ3n) is 4.82. The number of ether oxygens (including phenoxy) is 1. The largest absolute Gasteiger partial charge is 0.496 e. The molecule has 0 aromatic heterocycles. The van der Waals surface area contributed by atoms with Crippen LogP contribution in [0.5, 0.6) is 5.75 Å². The van der Waals surface area contributed by atoms with Crippen LogP contribution in [0, 0.1) is 5.92 Å². The molecule has 0 aliphatic carbocycles. The van der Waals surface area contributed by atoms with E-state index in [9.17, 15) is 9.59 Å². The van der Waals surface area contributed by atoms with E-state index in [1.165, 1.54) is 0 Å². The van der Waals surface area contributed by atoms with Crippen molar-refractivity contribution in [1.29, 1.82) is 0 Å². The maximum Gasteiger partial charge on any atom is 0.227 e. The third-order valence-corrected chi connectivity index (χ3v) is 4.82. The van der Waals surface area contributed by atoms with E-state index >= 15 is 0 Å². The lowest BCUT2D eigenvalue weighted by atomic mass is 9.89. The zero-order chi connectivity index (χ0) is 18.5. The quantitative estimate of drug-likeness (QED) is 0.836. The second-order valence-corrected chi connectivity index (χ2v) is 6.62. The summed E-state index contributed by atoms with van der Waals surface area (Å²) in [4.78, 5) is 24.6. The van der Waals surface area contributed by atoms with Gasteiger partial charge in [-0.15, -0.1) is 0 Å². The standard InChI is InChI=1S/C21H24N2O3/c1-14(17-8-4-6-10-19(17)26-2)22-20(24)12-11-16-13-15-7-3-5-9-18(15)23-21(16)25/h3-10,14,16H,11-13H2,1-2H3,(H,22,24)(H,23,25). The number of nitrogens with one attached hydrogen (secondary N) is 2. The van der Waals surface area contributed by atoms with Crippen LogP contribution in [-0.2, 0) is 16.0 Å². The van der Waals surface area contributed by atoms with Gasteiger partial charge in [0.15, 0.2) is 0 Å². The van der Waals surface area contributed by atoms with E-state index in [0.717, 1.165) is 22.6 Å². The average Bonchev–Trinajstić information content (AvgIpc) is 2.66. The average molecular weight is 352 g/mol. The third kappa shape index (κ3) is 4.04. The minimum Gasteiger partial charge on any atom is -0.496 e. The Morgan fingerprint density at radius 1 is 1.23 bits per heavy atom. The van der Waals surface area contributed by atoms with Crippen LogP contribution in [0.25, 0.3) is 0 Å². The highest BCUT2D eigenvalue weighted by Gasteiger charge is 2.26. The number of carbonyl (C=O) groups is 2. The molecule has 2 unspecified atom stereocenters. The maximum atomic E-state index is 12.3. The van der Waals surface area contributed by atoms with Gasteiger partial charge >= 0.3 is 0 Å². The number of carbonyl (C=O) groups excluding carboxylic acids is 2. The van der Waals surface area contributed by atoms with E-state index in [1.807, 2.05) is 55.5 Å². The number of benzene rings is 2. The molecule has 0 saturated heterocycles. The summed E-state index contributed by atoms with van der Waals surface area (Å²) in [5.74, 6) is 0.519. The number of para-hydroxylation sites is 2. The Hall–Kier alpha value is -2.82. The van der Waals surface area contributed by atoms with Crippen molar-refractivity contribution < 1.29 is 14.3 Å². The van der Waals surface area contributed by atoms with Gasteiger partial charge in [-0.2, -0.15) is 0 Å². The summed E-state index contributed by atoms with van der Waals surface area (Å²) in [5.41, 5.74) is 2.94. The summed E-state index contributed by atoms with van der Waals surface area (Å²) in [7, 11) is 1.62. The van der Waals surface area contributed by atoms with Gasteiger partial charge in [-0.3, -0.25) is 9.59 Å². The lowest BCUT2D eigenvalue weighted by Crippen LogP contribution is -2.32. The number of rotatable bonds is 6. The monoisotopic (exact) mass is 352 g/mol. The van der Waals surface area contributed by atoms with Crippen molar-refractivity contribution in [2.75, 3.05) is 12.4 Å². The predicted molar refractivity (Wildman–Crippen MR) is 101 cm³/mol. The van der Waals surface area contributed by atoms with Crippen LogP contribution in [0.1, 0.15) is 36.9 Å². The normalized spacial score (nSPS) is 17.0. The Balaban J connectivity index is 1.55. The van der Waals surface area contributed by atoms with Gasteiger partial charge in [0.2, 0.25) is 11.8 Å². The van der Waals surface area contributed by atoms with Crippen LogP contribution in [0.2, 0.25) is 0 Å². The molecular weight excluding hydrogens is 328 g/mol. The number of amides is 2. The molecule has 0 radical (unpaired) electrons. The lowest BCUT2D eigenvalue weighted by molar-refractivity contribution is -0.123. The highest BCUT2D eigenvalue weighted by Crippen LogP contribution is 2.28. The van der Waals surface area contributed by atoms with E-state index in [2.05, 4.69) is 10.6 Å². The van der Waals surface area contributed by atoms with E-state index in [-0.39, 0.29) is 23.8 Å². The second kappa shape index (κ2) is 8.04. The zero-order valence-corrected chi connectivity index (χ0v) is 15.1. The Labute approximate surface area is 153 Å². The minimum atomic E-state index is -0.169. The fourth-order valence-electron chi connectivity index (χ4n) is 3.37. The Bertz CT molecular complexity index is 803. The molecule has 0 bridgehead atoms. The molecular formula is C21H24N2O3. The Kier molecular flexibility index (Phi) is 5.56. The van der Waals surface area contributed by atoms with Gasteiger partial charge < -0.3 is 15.4 Å². The van der Waals surface area contributed by atoms with Gasteiger partial charge in [0, 0.05) is 23.6 Å². The Morgan fingerprint density at radius 2 is 1.96 bits per heavy atom. The SMILES string of the molecule is COc1ccccc1C(C)NC(=O)CCC1Cc2ccccc2NC1=O. The summed E-state index contributed by atoms with van der Waals surface area (Å²) in [6, 6.07) is 15.3.